The van der Waals surface area contributed by atoms with Crippen LogP contribution in [0.25, 0.3) is 22.2 Å². The normalized spacial score (nSPS) is 11.0. The Bertz CT molecular complexity index is 1200. The van der Waals surface area contributed by atoms with Crippen LogP contribution in [0.3, 0.4) is 0 Å². The Morgan fingerprint density at radius 3 is 2.57 bits per heavy atom. The predicted molar refractivity (Wildman–Crippen MR) is 103 cm³/mol. The van der Waals surface area contributed by atoms with Crippen molar-refractivity contribution in [3.8, 4) is 17.1 Å². The number of aromatic nitrogens is 4. The van der Waals surface area contributed by atoms with Gasteiger partial charge in [0.15, 0.2) is 5.78 Å². The number of carbonyl (C=O) groups is 1. The summed E-state index contributed by atoms with van der Waals surface area (Å²) in [5, 5.41) is 0.569. The molecular weight excluding hydrogens is 361 g/mol. The molecule has 3 aromatic heterocycles. The summed E-state index contributed by atoms with van der Waals surface area (Å²) in [6.07, 6.45) is 6.37. The van der Waals surface area contributed by atoms with Crippen LogP contribution in [0.5, 0.6) is 6.01 Å². The van der Waals surface area contributed by atoms with E-state index in [0.29, 0.717) is 39.0 Å². The third-order valence-corrected chi connectivity index (χ3v) is 4.60. The van der Waals surface area contributed by atoms with Crippen molar-refractivity contribution >= 4 is 22.5 Å². The van der Waals surface area contributed by atoms with Crippen molar-refractivity contribution in [2.45, 2.75) is 6.92 Å². The van der Waals surface area contributed by atoms with Gasteiger partial charge in [0, 0.05) is 52.6 Å². The van der Waals surface area contributed by atoms with Gasteiger partial charge < -0.3 is 15.5 Å². The number of ether oxygens (including phenoxy) is 1. The van der Waals surface area contributed by atoms with Gasteiger partial charge in [-0.1, -0.05) is 0 Å². The van der Waals surface area contributed by atoms with Crippen LogP contribution in [-0.2, 0) is 0 Å². The Morgan fingerprint density at radius 1 is 1.14 bits per heavy atom. The van der Waals surface area contributed by atoms with Crippen molar-refractivity contribution in [3.05, 3.63) is 65.5 Å². The fourth-order valence-corrected chi connectivity index (χ4v) is 3.03. The smallest absolute Gasteiger partial charge is 0.316 e. The molecule has 0 bridgehead atoms. The highest BCUT2D eigenvalue weighted by molar-refractivity contribution is 6.17. The van der Waals surface area contributed by atoms with Crippen LogP contribution in [0, 0.1) is 12.7 Å². The number of rotatable bonds is 4. The second-order valence-corrected chi connectivity index (χ2v) is 6.25. The molecule has 0 atom stereocenters. The van der Waals surface area contributed by atoms with E-state index in [2.05, 4.69) is 19.9 Å². The molecule has 0 saturated heterocycles. The number of nitrogen functional groups attached to an aromatic ring is 1. The number of nitrogens with two attached hydrogens (primary N) is 1. The zero-order valence-corrected chi connectivity index (χ0v) is 15.2. The van der Waals surface area contributed by atoms with E-state index in [0.717, 1.165) is 0 Å². The number of pyridine rings is 1. The average molecular weight is 377 g/mol. The Balaban J connectivity index is 1.82. The first-order valence-corrected chi connectivity index (χ1v) is 8.42. The Hall–Kier alpha value is -3.81. The number of hydrogen-bond acceptors (Lipinski definition) is 6. The minimum atomic E-state index is -0.612. The Labute approximate surface area is 159 Å². The maximum Gasteiger partial charge on any atom is 0.316 e. The third kappa shape index (κ3) is 2.84. The van der Waals surface area contributed by atoms with Gasteiger partial charge in [0.2, 0.25) is 0 Å². The van der Waals surface area contributed by atoms with Gasteiger partial charge in [-0.2, -0.15) is 0 Å². The monoisotopic (exact) mass is 377 g/mol. The summed E-state index contributed by atoms with van der Waals surface area (Å²) in [5.74, 6) is -1.07. The van der Waals surface area contributed by atoms with Crippen molar-refractivity contribution < 1.29 is 13.9 Å². The van der Waals surface area contributed by atoms with Gasteiger partial charge in [0.1, 0.15) is 11.5 Å². The fraction of sp³-hybridized carbons (Fsp3) is 0.100. The van der Waals surface area contributed by atoms with E-state index < -0.39 is 11.6 Å². The number of anilines is 1. The molecule has 0 saturated carbocycles. The number of aromatic amines is 1. The number of methoxy groups -OCH3 is 1. The number of H-pyrrole nitrogens is 1. The Kier molecular flexibility index (Phi) is 4.23. The van der Waals surface area contributed by atoms with Gasteiger partial charge >= 0.3 is 6.01 Å². The number of ketones is 1. The number of carbonyl (C=O) groups excluding carboxylic acids is 1. The number of nitrogens with zero attached hydrogens (tertiary/aromatic N) is 3. The molecule has 3 heterocycles. The van der Waals surface area contributed by atoms with Crippen molar-refractivity contribution in [1.29, 1.82) is 0 Å². The van der Waals surface area contributed by atoms with Gasteiger partial charge in [-0.15, -0.1) is 0 Å². The SMILES string of the molecule is COc1ncc(-c2cnc3[nH]cc(C(=O)c4c(F)ccc(N)c4C)c3c2)cn1. The summed E-state index contributed by atoms with van der Waals surface area (Å²) in [6, 6.07) is 4.68. The summed E-state index contributed by atoms with van der Waals surface area (Å²) in [5.41, 5.74) is 8.83. The van der Waals surface area contributed by atoms with E-state index in [1.807, 2.05) is 0 Å². The van der Waals surface area contributed by atoms with Crippen LogP contribution in [-0.4, -0.2) is 32.8 Å². The molecule has 0 unspecified atom stereocenters. The van der Waals surface area contributed by atoms with Crippen molar-refractivity contribution in [2.75, 3.05) is 12.8 Å². The van der Waals surface area contributed by atoms with E-state index in [9.17, 15) is 9.18 Å². The lowest BCUT2D eigenvalue weighted by Gasteiger charge is -2.09. The molecule has 7 nitrogen and oxygen atoms in total. The average Bonchev–Trinajstić information content (AvgIpc) is 3.14. The van der Waals surface area contributed by atoms with Gasteiger partial charge in [0.25, 0.3) is 0 Å². The highest BCUT2D eigenvalue weighted by atomic mass is 19.1. The highest BCUT2D eigenvalue weighted by Crippen LogP contribution is 2.28. The molecule has 3 N–H and O–H groups in total. The van der Waals surface area contributed by atoms with Gasteiger partial charge in [-0.25, -0.2) is 19.3 Å². The summed E-state index contributed by atoms with van der Waals surface area (Å²) in [6.45, 7) is 1.62. The minimum Gasteiger partial charge on any atom is -0.467 e. The number of benzene rings is 1. The Morgan fingerprint density at radius 2 is 1.86 bits per heavy atom. The number of fused-ring (bicyclic) bond motifs is 1. The molecule has 140 valence electrons. The summed E-state index contributed by atoms with van der Waals surface area (Å²) in [4.78, 5) is 28.5. The first-order chi connectivity index (χ1) is 13.5. The molecule has 4 aromatic rings. The molecule has 28 heavy (non-hydrogen) atoms. The molecule has 0 spiro atoms. The zero-order valence-electron chi connectivity index (χ0n) is 15.2. The minimum absolute atomic E-state index is 0.0425. The molecule has 0 fully saturated rings. The number of nitrogens with one attached hydrogen (secondary N) is 1. The van der Waals surface area contributed by atoms with Crippen LogP contribution >= 0.6 is 0 Å². The van der Waals surface area contributed by atoms with Gasteiger partial charge in [-0.3, -0.25) is 4.79 Å². The molecule has 0 amide bonds. The maximum atomic E-state index is 14.4. The number of hydrogen-bond donors (Lipinski definition) is 2. The largest absolute Gasteiger partial charge is 0.467 e. The van der Waals surface area contributed by atoms with Crippen molar-refractivity contribution in [3.63, 3.8) is 0 Å². The second kappa shape index (κ2) is 6.73. The van der Waals surface area contributed by atoms with Crippen molar-refractivity contribution in [2.24, 2.45) is 0 Å². The quantitative estimate of drug-likeness (QED) is 0.417. The molecule has 4 rings (SSSR count). The summed E-state index contributed by atoms with van der Waals surface area (Å²) >= 11 is 0. The molecule has 0 radical (unpaired) electrons. The van der Waals surface area contributed by atoms with E-state index in [4.69, 9.17) is 10.5 Å². The van der Waals surface area contributed by atoms with Crippen LogP contribution < -0.4 is 10.5 Å². The van der Waals surface area contributed by atoms with Crippen molar-refractivity contribution in [1.82, 2.24) is 19.9 Å². The molecule has 0 aliphatic heterocycles. The summed E-state index contributed by atoms with van der Waals surface area (Å²) in [7, 11) is 1.48. The molecule has 1 aromatic carbocycles. The van der Waals surface area contributed by atoms with Crippen LogP contribution in [0.1, 0.15) is 21.5 Å². The lowest BCUT2D eigenvalue weighted by Crippen LogP contribution is -2.08. The van der Waals surface area contributed by atoms with E-state index in [-0.39, 0.29) is 11.6 Å². The zero-order chi connectivity index (χ0) is 19.8. The number of halogens is 1. The van der Waals surface area contributed by atoms with Crippen LogP contribution in [0.4, 0.5) is 10.1 Å². The van der Waals surface area contributed by atoms with Crippen LogP contribution in [0.2, 0.25) is 0 Å². The first kappa shape index (κ1) is 17.6. The van der Waals surface area contributed by atoms with E-state index in [1.165, 1.54) is 25.4 Å². The second-order valence-electron chi connectivity index (χ2n) is 6.25. The maximum absolute atomic E-state index is 14.4. The third-order valence-electron chi connectivity index (χ3n) is 4.60. The lowest BCUT2D eigenvalue weighted by atomic mass is 9.97. The summed E-state index contributed by atoms with van der Waals surface area (Å²) < 4.78 is 19.3. The lowest BCUT2D eigenvalue weighted by molar-refractivity contribution is 0.103. The molecule has 8 heteroatoms. The predicted octanol–water partition coefficient (Wildman–Crippen LogP) is 3.29. The topological polar surface area (TPSA) is 107 Å². The molecular formula is C20H16FN5O2. The van der Waals surface area contributed by atoms with E-state index in [1.54, 1.807) is 31.6 Å². The van der Waals surface area contributed by atoms with E-state index >= 15 is 0 Å². The highest BCUT2D eigenvalue weighted by Gasteiger charge is 2.22. The fourth-order valence-electron chi connectivity index (χ4n) is 3.03. The molecule has 0 aliphatic carbocycles. The van der Waals surface area contributed by atoms with Gasteiger partial charge in [0.05, 0.1) is 12.7 Å². The standard InChI is InChI=1S/C20H16FN5O2/c1-10-16(22)4-3-15(21)17(10)18(27)14-9-24-19-13(14)5-11(6-23-19)12-7-25-20(28-2)26-8-12/h3-9H,22H2,1-2H3,(H,23,24). The molecule has 0 aliphatic rings. The van der Waals surface area contributed by atoms with Crippen LogP contribution in [0.15, 0.2) is 43.0 Å². The first-order valence-electron chi connectivity index (χ1n) is 8.42. The van der Waals surface area contributed by atoms with Gasteiger partial charge in [-0.05, 0) is 30.7 Å².